The van der Waals surface area contributed by atoms with Gasteiger partial charge in [0.15, 0.2) is 0 Å². The van der Waals surface area contributed by atoms with Crippen LogP contribution in [0, 0.1) is 6.08 Å². The molecular weight excluding hydrogens is 147 g/mol. The summed E-state index contributed by atoms with van der Waals surface area (Å²) in [6.45, 7) is 7.06. The quantitative estimate of drug-likeness (QED) is 0.360. The fourth-order valence-corrected chi connectivity index (χ4v) is 2.17. The predicted octanol–water partition coefficient (Wildman–Crippen LogP) is -0.443. The number of rotatable bonds is 1. The summed E-state index contributed by atoms with van der Waals surface area (Å²) in [4.78, 5) is 0. The van der Waals surface area contributed by atoms with E-state index in [2.05, 4.69) is 37.9 Å². The van der Waals surface area contributed by atoms with Crippen molar-refractivity contribution in [3.8, 4) is 0 Å². The SMILES string of the molecule is C[Si](C)(C)C1=[C-]CC=C1.[Na+]. The largest absolute Gasteiger partial charge is 1.00 e. The summed E-state index contributed by atoms with van der Waals surface area (Å²) in [5, 5.41) is 1.49. The van der Waals surface area contributed by atoms with Crippen molar-refractivity contribution in [2.75, 3.05) is 0 Å². The molecule has 0 heterocycles. The van der Waals surface area contributed by atoms with Crippen LogP contribution in [-0.2, 0) is 0 Å². The van der Waals surface area contributed by atoms with E-state index in [-0.39, 0.29) is 29.6 Å². The molecule has 0 amide bonds. The van der Waals surface area contributed by atoms with Crippen LogP contribution < -0.4 is 29.6 Å². The van der Waals surface area contributed by atoms with Crippen molar-refractivity contribution >= 4 is 8.07 Å². The van der Waals surface area contributed by atoms with Gasteiger partial charge in [0, 0.05) is 8.07 Å². The molecule has 0 spiro atoms. The van der Waals surface area contributed by atoms with Crippen molar-refractivity contribution in [3.05, 3.63) is 23.4 Å². The van der Waals surface area contributed by atoms with Crippen LogP contribution in [0.25, 0.3) is 0 Å². The standard InChI is InChI=1S/C8H13Si.Na/c1-9(2,3)8-6-4-5-7-8;/h4,6H,5H2,1-3H3;/q-1;+1. The van der Waals surface area contributed by atoms with Crippen molar-refractivity contribution in [3.63, 3.8) is 0 Å². The molecule has 0 saturated heterocycles. The Morgan fingerprint density at radius 2 is 2.00 bits per heavy atom. The van der Waals surface area contributed by atoms with Crippen LogP contribution in [0.15, 0.2) is 17.3 Å². The van der Waals surface area contributed by atoms with Gasteiger partial charge in [-0.2, -0.15) is 6.08 Å². The zero-order valence-corrected chi connectivity index (χ0v) is 10.4. The zero-order valence-electron chi connectivity index (χ0n) is 7.36. The van der Waals surface area contributed by atoms with Gasteiger partial charge in [0.1, 0.15) is 0 Å². The fourth-order valence-electron chi connectivity index (χ4n) is 0.920. The first-order valence-corrected chi connectivity index (χ1v) is 6.88. The molecule has 0 atom stereocenters. The Morgan fingerprint density at radius 3 is 2.20 bits per heavy atom. The molecule has 0 saturated carbocycles. The second kappa shape index (κ2) is 3.91. The van der Waals surface area contributed by atoms with Crippen LogP contribution in [-0.4, -0.2) is 8.07 Å². The van der Waals surface area contributed by atoms with Gasteiger partial charge in [-0.25, -0.2) is 11.3 Å². The molecule has 0 aromatic carbocycles. The maximum absolute atomic E-state index is 3.36. The van der Waals surface area contributed by atoms with E-state index in [1.54, 1.807) is 0 Å². The van der Waals surface area contributed by atoms with E-state index >= 15 is 0 Å². The van der Waals surface area contributed by atoms with Gasteiger partial charge in [0.05, 0.1) is 0 Å². The third-order valence-electron chi connectivity index (χ3n) is 1.50. The first-order valence-electron chi connectivity index (χ1n) is 3.38. The Hall–Kier alpha value is 0.697. The summed E-state index contributed by atoms with van der Waals surface area (Å²) in [6, 6.07) is 0. The van der Waals surface area contributed by atoms with Gasteiger partial charge < -0.3 is 0 Å². The molecule has 1 aliphatic carbocycles. The van der Waals surface area contributed by atoms with E-state index < -0.39 is 8.07 Å². The number of hydrogen-bond acceptors (Lipinski definition) is 0. The summed E-state index contributed by atoms with van der Waals surface area (Å²) in [7, 11) is -1.01. The van der Waals surface area contributed by atoms with Gasteiger partial charge >= 0.3 is 29.6 Å². The van der Waals surface area contributed by atoms with Crippen LogP contribution >= 0.6 is 0 Å². The molecule has 0 fully saturated rings. The topological polar surface area (TPSA) is 0 Å². The van der Waals surface area contributed by atoms with Gasteiger partial charge in [-0.1, -0.05) is 19.6 Å². The van der Waals surface area contributed by atoms with E-state index in [1.165, 1.54) is 5.20 Å². The van der Waals surface area contributed by atoms with Gasteiger partial charge in [0.25, 0.3) is 0 Å². The third-order valence-corrected chi connectivity index (χ3v) is 3.46. The number of allylic oxidation sites excluding steroid dienone is 4. The van der Waals surface area contributed by atoms with Gasteiger partial charge in [0.2, 0.25) is 0 Å². The van der Waals surface area contributed by atoms with Crippen LogP contribution in [0.2, 0.25) is 19.6 Å². The Balaban J connectivity index is 0.000000810. The fraction of sp³-hybridized carbons (Fsp3) is 0.500. The second-order valence-electron chi connectivity index (χ2n) is 3.45. The van der Waals surface area contributed by atoms with E-state index in [4.69, 9.17) is 0 Å². The molecule has 2 heteroatoms. The maximum Gasteiger partial charge on any atom is 1.00 e. The Labute approximate surface area is 86.7 Å². The molecule has 0 nitrogen and oxygen atoms in total. The summed E-state index contributed by atoms with van der Waals surface area (Å²) < 4.78 is 0. The summed E-state index contributed by atoms with van der Waals surface area (Å²) >= 11 is 0. The Morgan fingerprint density at radius 1 is 1.40 bits per heavy atom. The van der Waals surface area contributed by atoms with Crippen molar-refractivity contribution in [1.29, 1.82) is 0 Å². The Bertz CT molecular complexity index is 163. The minimum Gasteiger partial charge on any atom is -0.274 e. The Kier molecular flexibility index (Phi) is 4.18. The van der Waals surface area contributed by atoms with Crippen molar-refractivity contribution in [2.24, 2.45) is 0 Å². The monoisotopic (exact) mass is 160 g/mol. The summed E-state index contributed by atoms with van der Waals surface area (Å²) in [5.41, 5.74) is 0. The minimum absolute atomic E-state index is 0. The molecule has 0 N–H and O–H groups in total. The first-order chi connectivity index (χ1) is 4.11. The van der Waals surface area contributed by atoms with Gasteiger partial charge in [-0.15, -0.1) is 6.42 Å². The first kappa shape index (κ1) is 10.7. The summed E-state index contributed by atoms with van der Waals surface area (Å²) in [5.74, 6) is 0. The molecular formula is C8H13NaSi. The van der Waals surface area contributed by atoms with E-state index in [0.717, 1.165) is 6.42 Å². The van der Waals surface area contributed by atoms with Gasteiger partial charge in [-0.05, 0) is 0 Å². The second-order valence-corrected chi connectivity index (χ2v) is 8.49. The zero-order chi connectivity index (χ0) is 6.91. The summed E-state index contributed by atoms with van der Waals surface area (Å²) in [6.07, 6.45) is 8.82. The molecule has 0 radical (unpaired) electrons. The molecule has 10 heavy (non-hydrogen) atoms. The van der Waals surface area contributed by atoms with E-state index in [1.807, 2.05) is 0 Å². The molecule has 0 unspecified atom stereocenters. The predicted molar refractivity (Wildman–Crippen MR) is 43.9 cm³/mol. The molecule has 1 aliphatic rings. The van der Waals surface area contributed by atoms with Crippen molar-refractivity contribution < 1.29 is 29.6 Å². The van der Waals surface area contributed by atoms with Crippen LogP contribution in [0.3, 0.4) is 0 Å². The van der Waals surface area contributed by atoms with Gasteiger partial charge in [-0.3, -0.25) is 6.08 Å². The van der Waals surface area contributed by atoms with Crippen LogP contribution in [0.5, 0.6) is 0 Å². The average Bonchev–Trinajstić information content (AvgIpc) is 2.08. The molecule has 1 rings (SSSR count). The minimum atomic E-state index is -1.01. The van der Waals surface area contributed by atoms with E-state index in [0.29, 0.717) is 0 Å². The van der Waals surface area contributed by atoms with E-state index in [9.17, 15) is 0 Å². The molecule has 50 valence electrons. The average molecular weight is 160 g/mol. The number of hydrogen-bond donors (Lipinski definition) is 0. The third kappa shape index (κ3) is 2.75. The molecule has 0 aromatic rings. The molecule has 0 aliphatic heterocycles. The maximum atomic E-state index is 3.36. The van der Waals surface area contributed by atoms with Crippen molar-refractivity contribution in [2.45, 2.75) is 26.1 Å². The smallest absolute Gasteiger partial charge is 0.274 e. The van der Waals surface area contributed by atoms with Crippen LogP contribution in [0.1, 0.15) is 6.42 Å². The van der Waals surface area contributed by atoms with Crippen LogP contribution in [0.4, 0.5) is 0 Å². The molecule has 0 bridgehead atoms. The van der Waals surface area contributed by atoms with Crippen molar-refractivity contribution in [1.82, 2.24) is 0 Å². The normalized spacial score (nSPS) is 16.5. The molecule has 0 aromatic heterocycles.